The molecule has 10 heteroatoms. The number of anilines is 1. The van der Waals surface area contributed by atoms with Crippen molar-refractivity contribution in [1.29, 1.82) is 5.26 Å². The van der Waals surface area contributed by atoms with E-state index >= 15 is 0 Å². The lowest BCUT2D eigenvalue weighted by molar-refractivity contribution is -0.239. The molecule has 4 aliphatic rings. The third-order valence-corrected chi connectivity index (χ3v) is 9.15. The molecule has 38 heavy (non-hydrogen) atoms. The number of hydrogen-bond acceptors (Lipinski definition) is 10. The fourth-order valence-corrected chi connectivity index (χ4v) is 8.15. The Morgan fingerprint density at radius 3 is 2.47 bits per heavy atom. The van der Waals surface area contributed by atoms with Gasteiger partial charge in [0.15, 0.2) is 6.10 Å². The smallest absolute Gasteiger partial charge is 0.356 e. The molecule has 0 unspecified atom stereocenters. The summed E-state index contributed by atoms with van der Waals surface area (Å²) in [7, 11) is 4.66. The highest BCUT2D eigenvalue weighted by Gasteiger charge is 2.82. The number of fused-ring (bicyclic) bond motifs is 1. The normalized spacial score (nSPS) is 36.4. The number of ether oxygens (including phenoxy) is 4. The van der Waals surface area contributed by atoms with Crippen LogP contribution in [0.3, 0.4) is 0 Å². The molecule has 0 N–H and O–H groups in total. The molecule has 7 atom stereocenters. The Labute approximate surface area is 222 Å². The highest BCUT2D eigenvalue weighted by atomic mass is 16.6. The van der Waals surface area contributed by atoms with Crippen molar-refractivity contribution < 1.29 is 33.3 Å². The minimum Gasteiger partial charge on any atom is -0.497 e. The Bertz CT molecular complexity index is 1270. The maximum atomic E-state index is 14.1. The molecule has 1 aliphatic carbocycles. The molecule has 0 aromatic heterocycles. The summed E-state index contributed by atoms with van der Waals surface area (Å²) in [5.74, 6) is -1.47. The van der Waals surface area contributed by atoms with Crippen molar-refractivity contribution in [2.45, 2.75) is 68.9 Å². The molecule has 1 saturated heterocycles. The second kappa shape index (κ2) is 8.73. The zero-order chi connectivity index (χ0) is 27.6. The highest BCUT2D eigenvalue weighted by molar-refractivity contribution is 5.89. The molecule has 0 radical (unpaired) electrons. The number of hydrogen-bond donors (Lipinski definition) is 0. The SMILES string of the molecule is CC[C@]12C=C[C@@H](C#N)N3CC[C@@]4(c5ccc(OC)cc5N(C)[C@H]4[C@@](OC(C)=O)(C(=O)OC)[C@@H]1OC(C)=O)[C@@H]32. The monoisotopic (exact) mass is 523 g/mol. The van der Waals surface area contributed by atoms with Crippen LogP contribution in [0.4, 0.5) is 5.69 Å². The van der Waals surface area contributed by atoms with Gasteiger partial charge in [0.05, 0.1) is 26.3 Å². The summed E-state index contributed by atoms with van der Waals surface area (Å²) in [6, 6.07) is 6.55. The van der Waals surface area contributed by atoms with Crippen LogP contribution in [0.5, 0.6) is 5.75 Å². The topological polar surface area (TPSA) is 118 Å². The van der Waals surface area contributed by atoms with Crippen LogP contribution in [-0.2, 0) is 34.0 Å². The summed E-state index contributed by atoms with van der Waals surface area (Å²) in [5, 5.41) is 10.1. The van der Waals surface area contributed by atoms with E-state index in [1.54, 1.807) is 13.2 Å². The molecule has 3 aliphatic heterocycles. The lowest BCUT2D eigenvalue weighted by atomic mass is 9.47. The average molecular weight is 524 g/mol. The van der Waals surface area contributed by atoms with E-state index in [0.29, 0.717) is 25.1 Å². The summed E-state index contributed by atoms with van der Waals surface area (Å²) < 4.78 is 23.1. The highest BCUT2D eigenvalue weighted by Crippen LogP contribution is 2.68. The second-order valence-corrected chi connectivity index (χ2v) is 10.6. The van der Waals surface area contributed by atoms with Gasteiger partial charge in [-0.2, -0.15) is 5.26 Å². The lowest BCUT2D eigenvalue weighted by Crippen LogP contribution is -2.82. The van der Waals surface area contributed by atoms with E-state index in [-0.39, 0.29) is 6.04 Å². The number of rotatable bonds is 5. The number of nitriles is 1. The summed E-state index contributed by atoms with van der Waals surface area (Å²) >= 11 is 0. The molecule has 202 valence electrons. The summed E-state index contributed by atoms with van der Waals surface area (Å²) in [4.78, 5) is 43.6. The first-order valence-electron chi connectivity index (χ1n) is 12.8. The Balaban J connectivity index is 1.94. The van der Waals surface area contributed by atoms with Crippen LogP contribution in [-0.4, -0.2) is 80.5 Å². The molecular weight excluding hydrogens is 490 g/mol. The third-order valence-electron chi connectivity index (χ3n) is 9.15. The number of carbonyl (C=O) groups excluding carboxylic acids is 3. The van der Waals surface area contributed by atoms with E-state index in [4.69, 9.17) is 18.9 Å². The van der Waals surface area contributed by atoms with E-state index in [9.17, 15) is 19.6 Å². The average Bonchev–Trinajstić information content (AvgIpc) is 3.42. The summed E-state index contributed by atoms with van der Waals surface area (Å²) in [5.41, 5.74) is -1.97. The molecule has 10 nitrogen and oxygen atoms in total. The van der Waals surface area contributed by atoms with Crippen LogP contribution in [0.1, 0.15) is 39.2 Å². The molecule has 3 heterocycles. The number of benzene rings is 1. The number of likely N-dealkylation sites (N-methyl/N-ethyl adjacent to an activating group) is 1. The fraction of sp³-hybridized carbons (Fsp3) is 0.571. The number of carbonyl (C=O) groups is 3. The van der Waals surface area contributed by atoms with Gasteiger partial charge in [-0.1, -0.05) is 25.1 Å². The Hall–Kier alpha value is -3.58. The minimum absolute atomic E-state index is 0.338. The Kier molecular flexibility index (Phi) is 5.99. The van der Waals surface area contributed by atoms with Crippen molar-refractivity contribution in [3.8, 4) is 11.8 Å². The Morgan fingerprint density at radius 2 is 1.89 bits per heavy atom. The maximum absolute atomic E-state index is 14.1. The van der Waals surface area contributed by atoms with Gasteiger partial charge in [-0.3, -0.25) is 14.5 Å². The van der Waals surface area contributed by atoms with Crippen LogP contribution < -0.4 is 9.64 Å². The molecule has 1 spiro atoms. The number of nitrogens with zero attached hydrogens (tertiary/aromatic N) is 3. The van der Waals surface area contributed by atoms with Crippen molar-refractivity contribution in [1.82, 2.24) is 4.90 Å². The van der Waals surface area contributed by atoms with Crippen LogP contribution in [0, 0.1) is 16.7 Å². The first-order chi connectivity index (χ1) is 18.1. The minimum atomic E-state index is -2.00. The molecule has 0 amide bonds. The van der Waals surface area contributed by atoms with Crippen LogP contribution in [0.25, 0.3) is 0 Å². The number of esters is 3. The largest absolute Gasteiger partial charge is 0.497 e. The second-order valence-electron chi connectivity index (χ2n) is 10.6. The summed E-state index contributed by atoms with van der Waals surface area (Å²) in [6.45, 7) is 5.04. The number of methoxy groups -OCH3 is 2. The van der Waals surface area contributed by atoms with E-state index in [1.165, 1.54) is 21.0 Å². The van der Waals surface area contributed by atoms with Gasteiger partial charge in [-0.15, -0.1) is 0 Å². The quantitative estimate of drug-likeness (QED) is 0.323. The van der Waals surface area contributed by atoms with Gasteiger partial charge in [-0.25, -0.2) is 4.79 Å². The van der Waals surface area contributed by atoms with Crippen molar-refractivity contribution in [3.05, 3.63) is 35.9 Å². The molecular formula is C28H33N3O7. The zero-order valence-corrected chi connectivity index (χ0v) is 22.5. The van der Waals surface area contributed by atoms with Crippen molar-refractivity contribution in [3.63, 3.8) is 0 Å². The van der Waals surface area contributed by atoms with E-state index in [1.807, 2.05) is 43.1 Å². The van der Waals surface area contributed by atoms with Gasteiger partial charge in [-0.05, 0) is 24.5 Å². The van der Waals surface area contributed by atoms with Crippen LogP contribution in [0.15, 0.2) is 30.4 Å². The van der Waals surface area contributed by atoms with Crippen LogP contribution >= 0.6 is 0 Å². The molecule has 1 aromatic carbocycles. The van der Waals surface area contributed by atoms with E-state index < -0.39 is 52.5 Å². The standard InChI is InChI=1S/C28H33N3O7/c1-7-26-11-10-18(15-29)31-13-12-27(22(26)31)20-9-8-19(35-5)14-21(20)30(4)23(27)28(25(34)36-6,38-17(3)33)24(26)37-16(2)32/h8-11,14,18,22-24H,7,12-13H2,1-6H3/t18-,22-,23+,24+,26+,27+,28-/m0/s1. The van der Waals surface area contributed by atoms with E-state index in [2.05, 4.69) is 11.0 Å². The zero-order valence-electron chi connectivity index (χ0n) is 22.5. The van der Waals surface area contributed by atoms with Crippen LogP contribution in [0.2, 0.25) is 0 Å². The lowest BCUT2D eigenvalue weighted by Gasteiger charge is -2.64. The Morgan fingerprint density at radius 1 is 1.16 bits per heavy atom. The summed E-state index contributed by atoms with van der Waals surface area (Å²) in [6.07, 6.45) is 3.53. The van der Waals surface area contributed by atoms with Crippen molar-refractivity contribution >= 4 is 23.6 Å². The van der Waals surface area contributed by atoms with Crippen molar-refractivity contribution in [2.24, 2.45) is 5.41 Å². The third kappa shape index (κ3) is 2.99. The molecule has 1 aromatic rings. The molecule has 5 rings (SSSR count). The van der Waals surface area contributed by atoms with Gasteiger partial charge in [0.1, 0.15) is 11.8 Å². The first kappa shape index (κ1) is 26.0. The fourth-order valence-electron chi connectivity index (χ4n) is 8.15. The molecule has 2 fully saturated rings. The predicted octanol–water partition coefficient (Wildman–Crippen LogP) is 2.10. The van der Waals surface area contributed by atoms with Gasteiger partial charge >= 0.3 is 17.9 Å². The van der Waals surface area contributed by atoms with Gasteiger partial charge < -0.3 is 23.8 Å². The van der Waals surface area contributed by atoms with Gasteiger partial charge in [0.2, 0.25) is 0 Å². The maximum Gasteiger partial charge on any atom is 0.356 e. The predicted molar refractivity (Wildman–Crippen MR) is 135 cm³/mol. The molecule has 1 saturated carbocycles. The first-order valence-corrected chi connectivity index (χ1v) is 12.8. The van der Waals surface area contributed by atoms with Gasteiger partial charge in [0.25, 0.3) is 5.60 Å². The van der Waals surface area contributed by atoms with Crippen molar-refractivity contribution in [2.75, 3.05) is 32.7 Å². The molecule has 0 bridgehead atoms. The van der Waals surface area contributed by atoms with Gasteiger partial charge in [0, 0.05) is 56.1 Å². The van der Waals surface area contributed by atoms with E-state index in [0.717, 1.165) is 11.3 Å².